The highest BCUT2D eigenvalue weighted by molar-refractivity contribution is 7.85. The number of hydrogen-bond donors (Lipinski definition) is 3. The number of aromatic nitrogens is 1. The van der Waals surface area contributed by atoms with Gasteiger partial charge in [-0.1, -0.05) is 0 Å². The van der Waals surface area contributed by atoms with E-state index in [1.165, 1.54) is 18.3 Å². The number of nitrogens with one attached hydrogen (secondary N) is 1. The fourth-order valence-corrected chi connectivity index (χ4v) is 11.7. The number of benzene rings is 1. The zero-order chi connectivity index (χ0) is 33.2. The number of pyridine rings is 1. The zero-order valence-corrected chi connectivity index (χ0v) is 27.1. The minimum Gasteiger partial charge on any atom is -0.462 e. The van der Waals surface area contributed by atoms with Gasteiger partial charge in [-0.3, -0.25) is 4.55 Å². The first-order valence-corrected chi connectivity index (χ1v) is 18.1. The highest BCUT2D eigenvalue weighted by atomic mass is 32.2. The Morgan fingerprint density at radius 3 is 1.55 bits per heavy atom. The van der Waals surface area contributed by atoms with Crippen molar-refractivity contribution in [2.75, 3.05) is 13.2 Å². The number of aliphatic hydroxyl groups is 2. The van der Waals surface area contributed by atoms with E-state index in [1.807, 2.05) is 0 Å². The summed E-state index contributed by atoms with van der Waals surface area (Å²) in [5.74, 6) is -0.126. The van der Waals surface area contributed by atoms with Crippen LogP contribution in [-0.2, 0) is 19.6 Å². The Balaban J connectivity index is 0.000000447. The van der Waals surface area contributed by atoms with Crippen LogP contribution >= 0.6 is 0 Å². The molecule has 10 rings (SSSR count). The minimum absolute atomic E-state index is 0.116. The van der Waals surface area contributed by atoms with Gasteiger partial charge < -0.3 is 19.7 Å². The lowest BCUT2D eigenvalue weighted by Gasteiger charge is -2.59. The van der Waals surface area contributed by atoms with Gasteiger partial charge in [-0.2, -0.15) is 8.42 Å². The molecular formula is C35H43FNO9S+. The normalized spacial score (nSPS) is 37.6. The van der Waals surface area contributed by atoms with E-state index in [1.54, 1.807) is 12.3 Å². The van der Waals surface area contributed by atoms with Crippen molar-refractivity contribution < 1.29 is 51.6 Å². The quantitative estimate of drug-likeness (QED) is 0.283. The molecule has 1 heterocycles. The molecule has 47 heavy (non-hydrogen) atoms. The molecule has 1 aromatic carbocycles. The monoisotopic (exact) mass is 672 g/mol. The molecule has 8 saturated carbocycles. The van der Waals surface area contributed by atoms with Gasteiger partial charge in [0.05, 0.1) is 40.4 Å². The fraction of sp³-hybridized carbons (Fsp3) is 0.629. The Labute approximate surface area is 273 Å². The smallest absolute Gasteiger partial charge is 0.338 e. The largest absolute Gasteiger partial charge is 0.462 e. The van der Waals surface area contributed by atoms with E-state index >= 15 is 0 Å². The van der Waals surface area contributed by atoms with Crippen molar-refractivity contribution in [3.63, 3.8) is 0 Å². The number of aromatic amines is 1. The number of carbonyl (C=O) groups excluding carboxylic acids is 2. The molecule has 8 fully saturated rings. The number of halogens is 1. The van der Waals surface area contributed by atoms with E-state index in [0.717, 1.165) is 76.3 Å². The van der Waals surface area contributed by atoms with Crippen molar-refractivity contribution in [2.45, 2.75) is 93.1 Å². The minimum atomic E-state index is -4.72. The van der Waals surface area contributed by atoms with Crippen LogP contribution < -0.4 is 4.98 Å². The van der Waals surface area contributed by atoms with Crippen LogP contribution in [0.25, 0.3) is 0 Å². The van der Waals surface area contributed by atoms with E-state index in [0.29, 0.717) is 36.5 Å². The van der Waals surface area contributed by atoms with E-state index < -0.39 is 38.2 Å². The summed E-state index contributed by atoms with van der Waals surface area (Å²) in [7, 11) is -4.72. The van der Waals surface area contributed by atoms with Crippen molar-refractivity contribution in [3.8, 4) is 0 Å². The van der Waals surface area contributed by atoms with Crippen LogP contribution in [0.4, 0.5) is 4.39 Å². The SMILES string of the molecule is Fc1ccc[nH+]c1.O=C(OCC12CC3CC(CC(O)(C3)C1)C2)c1cc(C(=O)OCC23CC4CC(CC(O)(C4)C2)C3)cc(S(=O)(=O)O)c1. The highest BCUT2D eigenvalue weighted by Gasteiger charge is 2.58. The van der Waals surface area contributed by atoms with Gasteiger partial charge >= 0.3 is 11.9 Å². The standard InChI is InChI=1S/C30H38O9S.C5H4FN/c31-25(38-16-27-6-18-1-19(7-27)11-29(33,10-18)14-27)22-3-23(5-24(4-22)40(35,36)37)26(32)39-17-28-8-20-2-21(9-28)13-30(34,12-20)15-28;6-5-2-1-3-7-4-5/h3-5,18-21,33-34H,1-2,6-17H2,(H,35,36,37);1-4H/p+1. The number of hydrogen-bond acceptors (Lipinski definition) is 8. The first-order chi connectivity index (χ1) is 22.1. The number of esters is 2. The van der Waals surface area contributed by atoms with Crippen molar-refractivity contribution in [3.05, 3.63) is 59.7 Å². The molecule has 0 aliphatic heterocycles. The first-order valence-electron chi connectivity index (χ1n) is 16.7. The second kappa shape index (κ2) is 11.6. The molecule has 8 bridgehead atoms. The van der Waals surface area contributed by atoms with Gasteiger partial charge in [0.2, 0.25) is 6.20 Å². The molecule has 4 atom stereocenters. The van der Waals surface area contributed by atoms with Crippen molar-refractivity contribution in [2.24, 2.45) is 34.5 Å². The predicted octanol–water partition coefficient (Wildman–Crippen LogP) is 4.55. The number of ether oxygens (including phenoxy) is 2. The Morgan fingerprint density at radius 2 is 1.23 bits per heavy atom. The summed E-state index contributed by atoms with van der Waals surface area (Å²) in [5, 5.41) is 22.0. The number of rotatable bonds is 7. The number of H-pyrrole nitrogens is 1. The summed E-state index contributed by atoms with van der Waals surface area (Å²) in [5.41, 5.74) is -2.31. The summed E-state index contributed by atoms with van der Waals surface area (Å²) >= 11 is 0. The number of carbonyl (C=O) groups is 2. The molecule has 10 nitrogen and oxygen atoms in total. The molecule has 0 amide bonds. The second-order valence-electron chi connectivity index (χ2n) is 16.0. The Kier molecular flexibility index (Phi) is 8.05. The molecule has 8 aliphatic carbocycles. The van der Waals surface area contributed by atoms with E-state index in [9.17, 15) is 37.2 Å². The highest BCUT2D eigenvalue weighted by Crippen LogP contribution is 2.62. The Hall–Kier alpha value is -2.93. The van der Waals surface area contributed by atoms with Gasteiger partial charge in [-0.05, 0) is 125 Å². The van der Waals surface area contributed by atoms with Gasteiger partial charge in [0.15, 0.2) is 12.0 Å². The van der Waals surface area contributed by atoms with Gasteiger partial charge in [-0.15, -0.1) is 0 Å². The van der Waals surface area contributed by atoms with E-state index in [4.69, 9.17) is 9.47 Å². The maximum absolute atomic E-state index is 13.2. The van der Waals surface area contributed by atoms with Gasteiger partial charge in [0, 0.05) is 16.9 Å². The molecule has 4 unspecified atom stereocenters. The molecule has 12 heteroatoms. The van der Waals surface area contributed by atoms with Gasteiger partial charge in [0.1, 0.15) is 0 Å². The average Bonchev–Trinajstić information content (AvgIpc) is 2.96. The molecule has 4 N–H and O–H groups in total. The molecule has 0 saturated heterocycles. The van der Waals surface area contributed by atoms with Crippen molar-refractivity contribution >= 4 is 22.1 Å². The topological polar surface area (TPSA) is 162 Å². The van der Waals surface area contributed by atoms with E-state index in [-0.39, 0.29) is 41.0 Å². The molecule has 2 aromatic rings. The van der Waals surface area contributed by atoms with Crippen LogP contribution in [-0.4, -0.2) is 59.5 Å². The maximum Gasteiger partial charge on any atom is 0.338 e. The van der Waals surface area contributed by atoms with Crippen LogP contribution in [0, 0.1) is 40.3 Å². The van der Waals surface area contributed by atoms with E-state index in [2.05, 4.69) is 4.98 Å². The zero-order valence-electron chi connectivity index (χ0n) is 26.3. The van der Waals surface area contributed by atoms with Gasteiger partial charge in [-0.25, -0.2) is 19.0 Å². The third-order valence-electron chi connectivity index (χ3n) is 11.7. The third-order valence-corrected chi connectivity index (χ3v) is 12.5. The lowest BCUT2D eigenvalue weighted by molar-refractivity contribution is -0.380. The maximum atomic E-state index is 13.2. The second-order valence-corrected chi connectivity index (χ2v) is 17.4. The molecule has 0 radical (unpaired) electrons. The summed E-state index contributed by atoms with van der Waals surface area (Å²) in [6.45, 7) is 0.232. The van der Waals surface area contributed by atoms with Crippen LogP contribution in [0.5, 0.6) is 0 Å². The molecule has 8 aliphatic rings. The summed E-state index contributed by atoms with van der Waals surface area (Å²) in [6, 6.07) is 6.26. The van der Waals surface area contributed by atoms with Crippen LogP contribution in [0.3, 0.4) is 0 Å². The molecule has 0 spiro atoms. The van der Waals surface area contributed by atoms with Crippen LogP contribution in [0.15, 0.2) is 47.6 Å². The van der Waals surface area contributed by atoms with Crippen molar-refractivity contribution in [1.82, 2.24) is 0 Å². The summed E-state index contributed by atoms with van der Waals surface area (Å²) < 4.78 is 57.0. The molecule has 254 valence electrons. The Bertz CT molecular complexity index is 1550. The average molecular weight is 673 g/mol. The Morgan fingerprint density at radius 1 is 0.787 bits per heavy atom. The fourth-order valence-electron chi connectivity index (χ4n) is 11.1. The van der Waals surface area contributed by atoms with Crippen LogP contribution in [0.1, 0.15) is 97.8 Å². The summed E-state index contributed by atoms with van der Waals surface area (Å²) in [4.78, 5) is 28.3. The molecular weight excluding hydrogens is 629 g/mol. The predicted molar refractivity (Wildman–Crippen MR) is 164 cm³/mol. The molecule has 1 aromatic heterocycles. The van der Waals surface area contributed by atoms with Crippen molar-refractivity contribution in [1.29, 1.82) is 0 Å². The van der Waals surface area contributed by atoms with Crippen LogP contribution in [0.2, 0.25) is 0 Å². The third kappa shape index (κ3) is 6.84. The summed E-state index contributed by atoms with van der Waals surface area (Å²) in [6.07, 6.45) is 13.1. The first kappa shape index (κ1) is 32.6. The lowest BCUT2D eigenvalue weighted by Crippen LogP contribution is -2.57. The lowest BCUT2D eigenvalue weighted by atomic mass is 9.48. The van der Waals surface area contributed by atoms with Gasteiger partial charge in [0.25, 0.3) is 10.1 Å².